The van der Waals surface area contributed by atoms with Crippen molar-refractivity contribution in [1.82, 2.24) is 14.9 Å². The Kier molecular flexibility index (Phi) is 7.98. The maximum absolute atomic E-state index is 12.4. The molecule has 0 aliphatic carbocycles. The highest BCUT2D eigenvalue weighted by Gasteiger charge is 2.28. The second-order valence-electron chi connectivity index (χ2n) is 8.06. The number of piperazine rings is 1. The maximum atomic E-state index is 12.4. The van der Waals surface area contributed by atoms with Crippen molar-refractivity contribution < 1.29 is 4.79 Å². The fraction of sp³-hybridized carbons (Fsp3) is 0.320. The Labute approximate surface area is 213 Å². The topological polar surface area (TPSA) is 104 Å². The molecule has 10 heteroatoms. The Morgan fingerprint density at radius 2 is 2.06 bits per heavy atom. The molecule has 2 N–H and O–H groups in total. The van der Waals surface area contributed by atoms with Gasteiger partial charge in [0.1, 0.15) is 22.2 Å². The highest BCUT2D eigenvalue weighted by Crippen LogP contribution is 2.42. The average Bonchev–Trinajstić information content (AvgIpc) is 3.40. The number of nitrogens with zero attached hydrogens (tertiary/aromatic N) is 6. The van der Waals surface area contributed by atoms with Crippen LogP contribution in [-0.2, 0) is 17.8 Å². The molecule has 0 bridgehead atoms. The van der Waals surface area contributed by atoms with Gasteiger partial charge >= 0.3 is 0 Å². The number of thiazole rings is 1. The Morgan fingerprint density at radius 1 is 1.31 bits per heavy atom. The third-order valence-corrected chi connectivity index (χ3v) is 7.95. The molecule has 35 heavy (non-hydrogen) atoms. The van der Waals surface area contributed by atoms with Gasteiger partial charge in [-0.2, -0.15) is 5.26 Å². The van der Waals surface area contributed by atoms with E-state index in [2.05, 4.69) is 25.7 Å². The van der Waals surface area contributed by atoms with Gasteiger partial charge < -0.3 is 10.6 Å². The lowest BCUT2D eigenvalue weighted by Gasteiger charge is -2.36. The van der Waals surface area contributed by atoms with Gasteiger partial charge in [-0.15, -0.1) is 11.3 Å². The van der Waals surface area contributed by atoms with E-state index in [1.807, 2.05) is 49.0 Å². The molecular weight excluding hydrogens is 478 g/mol. The number of carbonyl (C=O) groups is 1. The first-order valence-corrected chi connectivity index (χ1v) is 13.0. The van der Waals surface area contributed by atoms with Crippen LogP contribution in [0.2, 0.25) is 0 Å². The average molecular weight is 504 g/mol. The van der Waals surface area contributed by atoms with Crippen molar-refractivity contribution in [1.29, 1.82) is 5.26 Å². The van der Waals surface area contributed by atoms with Gasteiger partial charge in [-0.05, 0) is 17.5 Å². The molecule has 0 spiro atoms. The largest absolute Gasteiger partial charge is 0.368 e. The summed E-state index contributed by atoms with van der Waals surface area (Å²) in [7, 11) is 0. The van der Waals surface area contributed by atoms with Gasteiger partial charge in [0, 0.05) is 43.8 Å². The van der Waals surface area contributed by atoms with Crippen LogP contribution >= 0.6 is 23.1 Å². The smallest absolute Gasteiger partial charge is 0.235 e. The summed E-state index contributed by atoms with van der Waals surface area (Å²) in [5.41, 5.74) is 9.77. The highest BCUT2D eigenvalue weighted by molar-refractivity contribution is 8.00. The molecule has 0 saturated carbocycles. The SMILES string of the molecule is [C-]#[N+]c1c(N2CCN(Cc3cncs3)CC2)nc(SC(C(N)=O)c2ccccc2)c(C#N)c1CC. The molecule has 1 atom stereocenters. The van der Waals surface area contributed by atoms with Crippen molar-refractivity contribution in [2.24, 2.45) is 5.73 Å². The fourth-order valence-corrected chi connectivity index (χ4v) is 5.85. The molecule has 178 valence electrons. The molecule has 1 amide bonds. The number of anilines is 1. The van der Waals surface area contributed by atoms with Crippen molar-refractivity contribution in [2.75, 3.05) is 31.1 Å². The van der Waals surface area contributed by atoms with E-state index in [9.17, 15) is 10.1 Å². The zero-order valence-corrected chi connectivity index (χ0v) is 21.0. The van der Waals surface area contributed by atoms with Crippen molar-refractivity contribution in [3.05, 3.63) is 75.0 Å². The number of hydrogen-bond acceptors (Lipinski definition) is 8. The van der Waals surface area contributed by atoms with E-state index in [1.165, 1.54) is 16.6 Å². The van der Waals surface area contributed by atoms with Gasteiger partial charge in [0.2, 0.25) is 11.6 Å². The first-order chi connectivity index (χ1) is 17.0. The third kappa shape index (κ3) is 5.46. The standard InChI is InChI=1S/C25H25N7OS2/c1-3-19-20(13-26)25(35-22(23(27)33)17-7-5-4-6-8-17)30-24(21(19)28-2)32-11-9-31(10-12-32)15-18-14-29-16-34-18/h4-8,14,16,22H,3,9-12,15H2,1H3,(H2,27,33). The van der Waals surface area contributed by atoms with E-state index >= 15 is 0 Å². The number of amides is 1. The number of hydrogen-bond donors (Lipinski definition) is 1. The summed E-state index contributed by atoms with van der Waals surface area (Å²) in [6.07, 6.45) is 2.41. The van der Waals surface area contributed by atoms with Crippen LogP contribution in [0.15, 0.2) is 47.1 Å². The van der Waals surface area contributed by atoms with Gasteiger partial charge in [0.05, 0.1) is 17.6 Å². The molecule has 1 aliphatic rings. The molecule has 8 nitrogen and oxygen atoms in total. The van der Waals surface area contributed by atoms with E-state index < -0.39 is 11.2 Å². The molecule has 1 saturated heterocycles. The van der Waals surface area contributed by atoms with E-state index in [1.54, 1.807) is 11.3 Å². The summed E-state index contributed by atoms with van der Waals surface area (Å²) in [4.78, 5) is 30.8. The van der Waals surface area contributed by atoms with Crippen molar-refractivity contribution in [2.45, 2.75) is 30.2 Å². The van der Waals surface area contributed by atoms with Crippen LogP contribution in [0.5, 0.6) is 0 Å². The van der Waals surface area contributed by atoms with Crippen LogP contribution in [0.4, 0.5) is 11.5 Å². The lowest BCUT2D eigenvalue weighted by Crippen LogP contribution is -2.46. The monoisotopic (exact) mass is 503 g/mol. The lowest BCUT2D eigenvalue weighted by atomic mass is 10.1. The van der Waals surface area contributed by atoms with Crippen LogP contribution in [0, 0.1) is 17.9 Å². The van der Waals surface area contributed by atoms with Crippen LogP contribution in [0.3, 0.4) is 0 Å². The first-order valence-electron chi connectivity index (χ1n) is 11.3. The molecule has 1 aromatic carbocycles. The van der Waals surface area contributed by atoms with Gasteiger partial charge in [-0.1, -0.05) is 49.0 Å². The van der Waals surface area contributed by atoms with Crippen molar-refractivity contribution in [3.8, 4) is 6.07 Å². The fourth-order valence-electron chi connectivity index (χ4n) is 4.16. The van der Waals surface area contributed by atoms with Gasteiger partial charge in [0.15, 0.2) is 0 Å². The number of aromatic nitrogens is 2. The second-order valence-corrected chi connectivity index (χ2v) is 10.1. The number of thioether (sulfide) groups is 1. The molecule has 0 radical (unpaired) electrons. The molecule has 1 unspecified atom stereocenters. The number of nitriles is 1. The van der Waals surface area contributed by atoms with Gasteiger partial charge in [0.25, 0.3) is 0 Å². The highest BCUT2D eigenvalue weighted by atomic mass is 32.2. The summed E-state index contributed by atoms with van der Waals surface area (Å²) in [5.74, 6) is 0.0736. The van der Waals surface area contributed by atoms with Crippen molar-refractivity contribution in [3.63, 3.8) is 0 Å². The molecule has 1 aliphatic heterocycles. The molecule has 1 fully saturated rings. The quantitative estimate of drug-likeness (QED) is 0.364. The van der Waals surface area contributed by atoms with Gasteiger partial charge in [-0.3, -0.25) is 14.7 Å². The number of benzene rings is 1. The number of nitrogens with two attached hydrogens (primary N) is 1. The summed E-state index contributed by atoms with van der Waals surface area (Å²) >= 11 is 2.82. The van der Waals surface area contributed by atoms with Gasteiger partial charge in [-0.25, -0.2) is 9.83 Å². The molecule has 3 heterocycles. The van der Waals surface area contributed by atoms with Crippen LogP contribution in [0.25, 0.3) is 4.85 Å². The summed E-state index contributed by atoms with van der Waals surface area (Å²) in [6.45, 7) is 13.7. The zero-order valence-electron chi connectivity index (χ0n) is 19.3. The maximum Gasteiger partial charge on any atom is 0.235 e. The molecule has 2 aromatic heterocycles. The predicted octanol–water partition coefficient (Wildman–Crippen LogP) is 4.16. The normalized spacial score (nSPS) is 14.8. The molecule has 4 rings (SSSR count). The van der Waals surface area contributed by atoms with E-state index in [0.29, 0.717) is 47.2 Å². The number of carbonyl (C=O) groups excluding carboxylic acids is 1. The zero-order chi connectivity index (χ0) is 24.8. The van der Waals surface area contributed by atoms with Crippen LogP contribution in [-0.4, -0.2) is 47.0 Å². The van der Waals surface area contributed by atoms with Crippen molar-refractivity contribution >= 4 is 40.5 Å². The third-order valence-electron chi connectivity index (χ3n) is 5.92. The lowest BCUT2D eigenvalue weighted by molar-refractivity contribution is -0.117. The Hall–Kier alpha value is -3.44. The Balaban J connectivity index is 1.66. The van der Waals surface area contributed by atoms with Crippen LogP contribution < -0.4 is 10.6 Å². The second kappa shape index (κ2) is 11.3. The number of pyridine rings is 1. The minimum Gasteiger partial charge on any atom is -0.368 e. The molecular formula is C25H25N7OS2. The van der Waals surface area contributed by atoms with Crippen LogP contribution in [0.1, 0.15) is 33.7 Å². The number of primary amides is 1. The summed E-state index contributed by atoms with van der Waals surface area (Å²) in [5, 5.41) is 9.73. The van der Waals surface area contributed by atoms with E-state index in [0.717, 1.165) is 25.2 Å². The van der Waals surface area contributed by atoms with E-state index in [-0.39, 0.29) is 0 Å². The minimum atomic E-state index is -0.691. The van der Waals surface area contributed by atoms with E-state index in [4.69, 9.17) is 17.3 Å². The number of rotatable bonds is 8. The predicted molar refractivity (Wildman–Crippen MR) is 138 cm³/mol. The minimum absolute atomic E-state index is 0.346. The first kappa shape index (κ1) is 24.7. The Bertz CT molecular complexity index is 1260. The molecule has 3 aromatic rings. The Morgan fingerprint density at radius 3 is 2.63 bits per heavy atom. The summed E-state index contributed by atoms with van der Waals surface area (Å²) in [6, 6.07) is 11.5. The summed E-state index contributed by atoms with van der Waals surface area (Å²) < 4.78 is 0.